The molecule has 3 aromatic carbocycles. The number of hydrogen-bond acceptors (Lipinski definition) is 2. The maximum atomic E-state index is 13.9. The van der Waals surface area contributed by atoms with Gasteiger partial charge in [-0.05, 0) is 48.7 Å². The Balaban J connectivity index is 1.52. The number of likely N-dealkylation sites (tertiary alicyclic amines) is 1. The van der Waals surface area contributed by atoms with Crippen molar-refractivity contribution in [2.24, 2.45) is 5.92 Å². The SMILES string of the molecule is O=C(NCc1ccccc1F)[C@H]1CC[C@H](c2ccccc2)N(C(=O)c2ccc(Cl)cc2)C1. The van der Waals surface area contributed by atoms with E-state index in [1.165, 1.54) is 6.07 Å². The van der Waals surface area contributed by atoms with Gasteiger partial charge >= 0.3 is 0 Å². The van der Waals surface area contributed by atoms with Gasteiger partial charge in [0.15, 0.2) is 0 Å². The lowest BCUT2D eigenvalue weighted by Crippen LogP contribution is -2.46. The van der Waals surface area contributed by atoms with Gasteiger partial charge in [-0.15, -0.1) is 0 Å². The highest BCUT2D eigenvalue weighted by Crippen LogP contribution is 2.34. The fourth-order valence-electron chi connectivity index (χ4n) is 4.16. The second-order valence-corrected chi connectivity index (χ2v) is 8.41. The zero-order chi connectivity index (χ0) is 22.5. The Morgan fingerprint density at radius 1 is 0.938 bits per heavy atom. The summed E-state index contributed by atoms with van der Waals surface area (Å²) in [5, 5.41) is 3.40. The Morgan fingerprint density at radius 3 is 2.34 bits per heavy atom. The Morgan fingerprint density at radius 2 is 1.62 bits per heavy atom. The summed E-state index contributed by atoms with van der Waals surface area (Å²) in [4.78, 5) is 28.0. The van der Waals surface area contributed by atoms with Gasteiger partial charge in [0.05, 0.1) is 12.0 Å². The van der Waals surface area contributed by atoms with Gasteiger partial charge in [0.1, 0.15) is 5.82 Å². The molecular weight excluding hydrogens is 427 g/mol. The molecule has 0 saturated carbocycles. The van der Waals surface area contributed by atoms with E-state index in [0.717, 1.165) is 5.56 Å². The minimum atomic E-state index is -0.363. The standard InChI is InChI=1S/C26H24ClFN2O2/c27-22-13-10-19(11-14-22)26(32)30-17-21(12-15-24(30)18-6-2-1-3-7-18)25(31)29-16-20-8-4-5-9-23(20)28/h1-11,13-14,21,24H,12,15-17H2,(H,29,31)/t21-,24+/m0/s1. The highest BCUT2D eigenvalue weighted by molar-refractivity contribution is 6.30. The van der Waals surface area contributed by atoms with Crippen LogP contribution in [0.4, 0.5) is 4.39 Å². The van der Waals surface area contributed by atoms with Gasteiger partial charge in [-0.1, -0.05) is 60.1 Å². The zero-order valence-electron chi connectivity index (χ0n) is 17.5. The quantitative estimate of drug-likeness (QED) is 0.566. The number of hydrogen-bond donors (Lipinski definition) is 1. The fourth-order valence-corrected chi connectivity index (χ4v) is 4.28. The van der Waals surface area contributed by atoms with E-state index in [4.69, 9.17) is 11.6 Å². The van der Waals surface area contributed by atoms with Crippen LogP contribution >= 0.6 is 11.6 Å². The predicted molar refractivity (Wildman–Crippen MR) is 123 cm³/mol. The third-order valence-corrected chi connectivity index (χ3v) is 6.15. The molecular formula is C26H24ClFN2O2. The van der Waals surface area contributed by atoms with E-state index in [1.54, 1.807) is 47.4 Å². The molecule has 164 valence electrons. The number of amides is 2. The maximum Gasteiger partial charge on any atom is 0.254 e. The first-order valence-corrected chi connectivity index (χ1v) is 11.0. The molecule has 0 spiro atoms. The summed E-state index contributed by atoms with van der Waals surface area (Å²) in [6.07, 6.45) is 1.31. The van der Waals surface area contributed by atoms with Crippen molar-refractivity contribution in [3.63, 3.8) is 0 Å². The van der Waals surface area contributed by atoms with Crippen molar-refractivity contribution in [2.75, 3.05) is 6.54 Å². The minimum absolute atomic E-state index is 0.116. The number of carbonyl (C=O) groups is 2. The molecule has 0 unspecified atom stereocenters. The highest BCUT2D eigenvalue weighted by Gasteiger charge is 2.35. The van der Waals surface area contributed by atoms with E-state index in [0.29, 0.717) is 35.5 Å². The first-order valence-electron chi connectivity index (χ1n) is 10.7. The van der Waals surface area contributed by atoms with Gasteiger partial charge in [-0.3, -0.25) is 9.59 Å². The summed E-state index contributed by atoms with van der Waals surface area (Å²) < 4.78 is 13.9. The van der Waals surface area contributed by atoms with E-state index in [2.05, 4.69) is 5.32 Å². The third-order valence-electron chi connectivity index (χ3n) is 5.90. The van der Waals surface area contributed by atoms with Crippen LogP contribution in [0.25, 0.3) is 0 Å². The van der Waals surface area contributed by atoms with Crippen molar-refractivity contribution in [1.29, 1.82) is 0 Å². The van der Waals surface area contributed by atoms with Gasteiger partial charge in [0, 0.05) is 29.2 Å². The topological polar surface area (TPSA) is 49.4 Å². The van der Waals surface area contributed by atoms with Crippen LogP contribution in [0, 0.1) is 11.7 Å². The fraction of sp³-hybridized carbons (Fsp3) is 0.231. The second kappa shape index (κ2) is 9.96. The lowest BCUT2D eigenvalue weighted by molar-refractivity contribution is -0.127. The molecule has 0 aliphatic carbocycles. The molecule has 2 atom stereocenters. The van der Waals surface area contributed by atoms with Crippen LogP contribution in [-0.2, 0) is 11.3 Å². The largest absolute Gasteiger partial charge is 0.352 e. The molecule has 3 aromatic rings. The Labute approximate surface area is 192 Å². The predicted octanol–water partition coefficient (Wildman–Crippen LogP) is 5.39. The first kappa shape index (κ1) is 22.0. The molecule has 2 amide bonds. The van der Waals surface area contributed by atoms with Crippen LogP contribution in [-0.4, -0.2) is 23.3 Å². The Hall–Kier alpha value is -3.18. The minimum Gasteiger partial charge on any atom is -0.352 e. The van der Waals surface area contributed by atoms with Gasteiger partial charge in [0.2, 0.25) is 5.91 Å². The molecule has 0 bridgehead atoms. The molecule has 1 saturated heterocycles. The van der Waals surface area contributed by atoms with Crippen molar-refractivity contribution in [3.8, 4) is 0 Å². The van der Waals surface area contributed by atoms with Crippen molar-refractivity contribution in [1.82, 2.24) is 10.2 Å². The molecule has 0 aromatic heterocycles. The maximum absolute atomic E-state index is 13.9. The van der Waals surface area contributed by atoms with Gasteiger partial charge in [-0.2, -0.15) is 0 Å². The Kier molecular flexibility index (Phi) is 6.86. The van der Waals surface area contributed by atoms with Crippen molar-refractivity contribution in [2.45, 2.75) is 25.4 Å². The molecule has 1 aliphatic heterocycles. The van der Waals surface area contributed by atoms with Gasteiger partial charge < -0.3 is 10.2 Å². The normalized spacial score (nSPS) is 18.2. The summed E-state index contributed by atoms with van der Waals surface area (Å²) in [6, 6.07) is 22.9. The number of halogens is 2. The molecule has 1 aliphatic rings. The highest BCUT2D eigenvalue weighted by atomic mass is 35.5. The summed E-state index contributed by atoms with van der Waals surface area (Å²) in [6.45, 7) is 0.416. The van der Waals surface area contributed by atoms with Crippen LogP contribution in [0.1, 0.15) is 40.4 Å². The average Bonchev–Trinajstić information content (AvgIpc) is 2.83. The van der Waals surface area contributed by atoms with E-state index in [9.17, 15) is 14.0 Å². The first-order chi connectivity index (χ1) is 15.5. The Bertz CT molecular complexity index is 1090. The molecule has 4 rings (SSSR count). The molecule has 6 heteroatoms. The van der Waals surface area contributed by atoms with Gasteiger partial charge in [-0.25, -0.2) is 4.39 Å². The number of nitrogens with one attached hydrogen (secondary N) is 1. The van der Waals surface area contributed by atoms with E-state index in [1.807, 2.05) is 30.3 Å². The molecule has 1 heterocycles. The number of nitrogens with zero attached hydrogens (tertiary/aromatic N) is 1. The van der Waals surface area contributed by atoms with Crippen LogP contribution in [0.3, 0.4) is 0 Å². The summed E-state index contributed by atoms with van der Waals surface area (Å²) in [7, 11) is 0. The van der Waals surface area contributed by atoms with E-state index in [-0.39, 0.29) is 36.1 Å². The number of piperidine rings is 1. The van der Waals surface area contributed by atoms with E-state index < -0.39 is 0 Å². The molecule has 4 nitrogen and oxygen atoms in total. The zero-order valence-corrected chi connectivity index (χ0v) is 18.3. The monoisotopic (exact) mass is 450 g/mol. The smallest absolute Gasteiger partial charge is 0.254 e. The third kappa shape index (κ3) is 5.00. The van der Waals surface area contributed by atoms with Crippen LogP contribution in [0.5, 0.6) is 0 Å². The summed E-state index contributed by atoms with van der Waals surface area (Å²) in [5.41, 5.74) is 2.01. The second-order valence-electron chi connectivity index (χ2n) is 7.97. The number of benzene rings is 3. The van der Waals surface area contributed by atoms with Crippen molar-refractivity contribution in [3.05, 3.63) is 106 Å². The van der Waals surface area contributed by atoms with Crippen molar-refractivity contribution < 1.29 is 14.0 Å². The molecule has 0 radical (unpaired) electrons. The summed E-state index contributed by atoms with van der Waals surface area (Å²) >= 11 is 5.98. The number of carbonyl (C=O) groups excluding carboxylic acids is 2. The van der Waals surface area contributed by atoms with Crippen LogP contribution < -0.4 is 5.32 Å². The van der Waals surface area contributed by atoms with Crippen molar-refractivity contribution >= 4 is 23.4 Å². The lowest BCUT2D eigenvalue weighted by Gasteiger charge is -2.39. The average molecular weight is 451 g/mol. The number of rotatable bonds is 5. The van der Waals surface area contributed by atoms with E-state index >= 15 is 0 Å². The molecule has 1 N–H and O–H groups in total. The van der Waals surface area contributed by atoms with Gasteiger partial charge in [0.25, 0.3) is 5.91 Å². The van der Waals surface area contributed by atoms with Crippen LogP contribution in [0.15, 0.2) is 78.9 Å². The summed E-state index contributed by atoms with van der Waals surface area (Å²) in [5.74, 6) is -1.02. The lowest BCUT2D eigenvalue weighted by atomic mass is 9.87. The molecule has 32 heavy (non-hydrogen) atoms. The van der Waals surface area contributed by atoms with Crippen LogP contribution in [0.2, 0.25) is 5.02 Å². The molecule has 1 fully saturated rings.